The van der Waals surface area contributed by atoms with E-state index < -0.39 is 0 Å². The minimum Gasteiger partial charge on any atom is -0.490 e. The van der Waals surface area contributed by atoms with Crippen molar-refractivity contribution in [3.05, 3.63) is 30.0 Å². The number of ether oxygens (including phenoxy) is 3. The van der Waals surface area contributed by atoms with Gasteiger partial charge in [-0.2, -0.15) is 5.10 Å². The van der Waals surface area contributed by atoms with E-state index in [1.807, 2.05) is 23.9 Å². The van der Waals surface area contributed by atoms with Crippen LogP contribution >= 0.6 is 0 Å². The number of nitrogens with zero attached hydrogens (tertiary/aromatic N) is 3. The zero-order valence-electron chi connectivity index (χ0n) is 17.1. The van der Waals surface area contributed by atoms with Crippen LogP contribution in [0.2, 0.25) is 0 Å². The largest absolute Gasteiger partial charge is 0.490 e. The van der Waals surface area contributed by atoms with E-state index in [1.54, 1.807) is 0 Å². The first-order chi connectivity index (χ1) is 14.3. The highest BCUT2D eigenvalue weighted by Crippen LogP contribution is 2.34. The quantitative estimate of drug-likeness (QED) is 0.805. The number of aromatic nitrogens is 2. The molecule has 0 amide bonds. The van der Waals surface area contributed by atoms with E-state index in [2.05, 4.69) is 22.5 Å². The van der Waals surface area contributed by atoms with Gasteiger partial charge in [0.2, 0.25) is 0 Å². The number of benzene rings is 1. The van der Waals surface area contributed by atoms with E-state index in [4.69, 9.17) is 19.3 Å². The molecule has 156 valence electrons. The van der Waals surface area contributed by atoms with Gasteiger partial charge >= 0.3 is 0 Å². The number of fused-ring (bicyclic) bond motifs is 1. The maximum atomic E-state index is 5.96. The maximum absolute atomic E-state index is 5.96. The van der Waals surface area contributed by atoms with Crippen molar-refractivity contribution < 1.29 is 14.2 Å². The van der Waals surface area contributed by atoms with Gasteiger partial charge in [0.1, 0.15) is 0 Å². The molecule has 0 unspecified atom stereocenters. The van der Waals surface area contributed by atoms with Crippen LogP contribution in [0, 0.1) is 0 Å². The standard InChI is InChI=1S/C22H30N4O3/c1-25-14-17(12-23-13-19-15-26(7-10-27-19)18-4-5-18)22(24-25)16-3-6-20-21(11-16)29-9-2-8-28-20/h3,6,11,14,18-19,23H,2,4-5,7-10,12-13,15H2,1H3/t19-/m0/s1. The Morgan fingerprint density at radius 2 is 2.00 bits per heavy atom. The third kappa shape index (κ3) is 4.42. The van der Waals surface area contributed by atoms with Gasteiger partial charge in [-0.05, 0) is 31.0 Å². The maximum Gasteiger partial charge on any atom is 0.161 e. The first-order valence-electron chi connectivity index (χ1n) is 10.8. The van der Waals surface area contributed by atoms with Crippen LogP contribution in [0.3, 0.4) is 0 Å². The number of morpholine rings is 1. The van der Waals surface area contributed by atoms with Crippen LogP contribution in [0.5, 0.6) is 11.5 Å². The molecule has 0 bridgehead atoms. The Morgan fingerprint density at radius 3 is 2.86 bits per heavy atom. The average molecular weight is 399 g/mol. The molecule has 1 saturated heterocycles. The summed E-state index contributed by atoms with van der Waals surface area (Å²) in [5.74, 6) is 1.62. The van der Waals surface area contributed by atoms with Crippen molar-refractivity contribution in [3.63, 3.8) is 0 Å². The lowest BCUT2D eigenvalue weighted by atomic mass is 10.1. The summed E-state index contributed by atoms with van der Waals surface area (Å²) >= 11 is 0. The molecule has 3 aliphatic rings. The summed E-state index contributed by atoms with van der Waals surface area (Å²) in [5, 5.41) is 8.29. The van der Waals surface area contributed by atoms with Crippen molar-refractivity contribution in [1.29, 1.82) is 0 Å². The van der Waals surface area contributed by atoms with Crippen molar-refractivity contribution in [2.45, 2.75) is 38.0 Å². The molecule has 29 heavy (non-hydrogen) atoms. The van der Waals surface area contributed by atoms with Gasteiger partial charge in [-0.15, -0.1) is 0 Å². The molecule has 1 aliphatic carbocycles. The fourth-order valence-electron chi connectivity index (χ4n) is 4.23. The van der Waals surface area contributed by atoms with Crippen LogP contribution in [-0.2, 0) is 18.3 Å². The molecule has 1 aromatic heterocycles. The van der Waals surface area contributed by atoms with Gasteiger partial charge in [0.25, 0.3) is 0 Å². The zero-order chi connectivity index (χ0) is 19.6. The van der Waals surface area contributed by atoms with E-state index in [1.165, 1.54) is 18.4 Å². The summed E-state index contributed by atoms with van der Waals surface area (Å²) in [6.07, 6.45) is 5.97. The van der Waals surface area contributed by atoms with Gasteiger partial charge in [-0.1, -0.05) is 0 Å². The second-order valence-electron chi connectivity index (χ2n) is 8.24. The van der Waals surface area contributed by atoms with Crippen LogP contribution in [-0.4, -0.2) is 66.3 Å². The lowest BCUT2D eigenvalue weighted by molar-refractivity contribution is -0.0301. The van der Waals surface area contributed by atoms with E-state index in [0.29, 0.717) is 13.2 Å². The summed E-state index contributed by atoms with van der Waals surface area (Å²) in [5.41, 5.74) is 3.22. The van der Waals surface area contributed by atoms with Crippen molar-refractivity contribution in [1.82, 2.24) is 20.0 Å². The SMILES string of the molecule is Cn1cc(CNC[C@H]2CN(C3CC3)CCO2)c(-c2ccc3c(c2)OCCCO3)n1. The summed E-state index contributed by atoms with van der Waals surface area (Å²) in [4.78, 5) is 2.59. The number of hydrogen-bond acceptors (Lipinski definition) is 6. The van der Waals surface area contributed by atoms with E-state index in [-0.39, 0.29) is 6.10 Å². The number of aryl methyl sites for hydroxylation is 1. The molecule has 2 aliphatic heterocycles. The lowest BCUT2D eigenvalue weighted by Crippen LogP contribution is -2.47. The first-order valence-corrected chi connectivity index (χ1v) is 10.8. The van der Waals surface area contributed by atoms with Crippen LogP contribution in [0.15, 0.2) is 24.4 Å². The predicted octanol–water partition coefficient (Wildman–Crippen LogP) is 2.20. The van der Waals surface area contributed by atoms with Crippen molar-refractivity contribution in [2.75, 3.05) is 39.5 Å². The topological polar surface area (TPSA) is 60.8 Å². The molecule has 0 radical (unpaired) electrons. The van der Waals surface area contributed by atoms with Crippen LogP contribution in [0.4, 0.5) is 0 Å². The third-order valence-corrected chi connectivity index (χ3v) is 5.85. The second-order valence-corrected chi connectivity index (χ2v) is 8.24. The predicted molar refractivity (Wildman–Crippen MR) is 110 cm³/mol. The Labute approximate surface area is 171 Å². The molecule has 7 nitrogen and oxygen atoms in total. The molecule has 1 N–H and O–H groups in total. The molecule has 1 aromatic carbocycles. The Balaban J connectivity index is 1.24. The highest BCUT2D eigenvalue weighted by molar-refractivity contribution is 5.66. The Morgan fingerprint density at radius 1 is 1.14 bits per heavy atom. The lowest BCUT2D eigenvalue weighted by Gasteiger charge is -2.33. The Bertz CT molecular complexity index is 849. The fourth-order valence-corrected chi connectivity index (χ4v) is 4.23. The van der Waals surface area contributed by atoms with Gasteiger partial charge in [-0.3, -0.25) is 9.58 Å². The summed E-state index contributed by atoms with van der Waals surface area (Å²) in [6.45, 7) is 5.98. The molecule has 0 spiro atoms. The smallest absolute Gasteiger partial charge is 0.161 e. The first kappa shape index (κ1) is 18.9. The molecule has 7 heteroatoms. The molecular formula is C22H30N4O3. The summed E-state index contributed by atoms with van der Waals surface area (Å²) in [7, 11) is 1.97. The van der Waals surface area contributed by atoms with Crippen LogP contribution in [0.25, 0.3) is 11.3 Å². The summed E-state index contributed by atoms with van der Waals surface area (Å²) < 4.78 is 19.5. The van der Waals surface area contributed by atoms with Gasteiger partial charge in [-0.25, -0.2) is 0 Å². The van der Waals surface area contributed by atoms with Crippen molar-refractivity contribution in [2.24, 2.45) is 7.05 Å². The Hall–Kier alpha value is -2.09. The van der Waals surface area contributed by atoms with Gasteiger partial charge in [0.15, 0.2) is 11.5 Å². The molecule has 3 heterocycles. The molecule has 5 rings (SSSR count). The molecule has 2 aromatic rings. The fraction of sp³-hybridized carbons (Fsp3) is 0.591. The van der Waals surface area contributed by atoms with Crippen molar-refractivity contribution in [3.8, 4) is 22.8 Å². The van der Waals surface area contributed by atoms with Crippen molar-refractivity contribution >= 4 is 0 Å². The molecule has 1 atom stereocenters. The third-order valence-electron chi connectivity index (χ3n) is 5.85. The van der Waals surface area contributed by atoms with E-state index in [0.717, 1.165) is 68.0 Å². The van der Waals surface area contributed by atoms with Crippen LogP contribution in [0.1, 0.15) is 24.8 Å². The number of nitrogens with one attached hydrogen (secondary N) is 1. The number of hydrogen-bond donors (Lipinski definition) is 1. The Kier molecular flexibility index (Phi) is 5.44. The number of rotatable bonds is 6. The zero-order valence-corrected chi connectivity index (χ0v) is 17.1. The molecular weight excluding hydrogens is 368 g/mol. The van der Waals surface area contributed by atoms with E-state index >= 15 is 0 Å². The highest BCUT2D eigenvalue weighted by atomic mass is 16.5. The average Bonchev–Trinajstić information content (AvgIpc) is 3.54. The second kappa shape index (κ2) is 8.34. The normalized spacial score (nSPS) is 22.4. The van der Waals surface area contributed by atoms with Gasteiger partial charge in [0.05, 0.1) is 31.6 Å². The minimum atomic E-state index is 0.266. The minimum absolute atomic E-state index is 0.266. The van der Waals surface area contributed by atoms with Crippen LogP contribution < -0.4 is 14.8 Å². The van der Waals surface area contributed by atoms with Gasteiger partial charge < -0.3 is 19.5 Å². The van der Waals surface area contributed by atoms with Gasteiger partial charge in [0, 0.05) is 63.0 Å². The highest BCUT2D eigenvalue weighted by Gasteiger charge is 2.32. The molecule has 1 saturated carbocycles. The van der Waals surface area contributed by atoms with E-state index in [9.17, 15) is 0 Å². The molecule has 2 fully saturated rings. The summed E-state index contributed by atoms with van der Waals surface area (Å²) in [6, 6.07) is 6.91. The monoisotopic (exact) mass is 398 g/mol.